The number of nitrogens with zero attached hydrogens (tertiary/aromatic N) is 1. The second-order valence-electron chi connectivity index (χ2n) is 6.20. The first-order chi connectivity index (χ1) is 11.5. The Morgan fingerprint density at radius 1 is 0.917 bits per heavy atom. The molecule has 0 radical (unpaired) electrons. The van der Waals surface area contributed by atoms with E-state index < -0.39 is 0 Å². The fourth-order valence-electron chi connectivity index (χ4n) is 2.92. The quantitative estimate of drug-likeness (QED) is 0.577. The van der Waals surface area contributed by atoms with Crippen molar-refractivity contribution in [1.29, 1.82) is 0 Å². The molecule has 1 aliphatic heterocycles. The molecule has 1 nitrogen and oxygen atoms in total. The summed E-state index contributed by atoms with van der Waals surface area (Å²) in [5.74, 6) is 0. The van der Waals surface area contributed by atoms with Crippen LogP contribution in [0.25, 0.3) is 5.70 Å². The Morgan fingerprint density at radius 2 is 1.58 bits per heavy atom. The second-order valence-corrected chi connectivity index (χ2v) is 7.49. The average Bonchev–Trinajstić information content (AvgIpc) is 3.02. The first-order valence-electron chi connectivity index (χ1n) is 8.77. The standard InChI is InChI=1S/C20H23NS.C2H6/c1-14-11-17-7-5-6-8-18(17)13-21(4)19(12-15(14)2)20-10-9-16(3)22-20;1-2/h5-10,12H,11,13H2,1-4H3;1-2H3/b15-14+,19-12-;. The summed E-state index contributed by atoms with van der Waals surface area (Å²) in [6.07, 6.45) is 3.40. The van der Waals surface area contributed by atoms with Crippen LogP contribution in [0.15, 0.2) is 53.6 Å². The first kappa shape index (κ1) is 18.5. The topological polar surface area (TPSA) is 3.24 Å². The highest BCUT2D eigenvalue weighted by atomic mass is 32.1. The Bertz CT molecular complexity index is 749. The minimum Gasteiger partial charge on any atom is -0.369 e. The predicted molar refractivity (Wildman–Crippen MR) is 108 cm³/mol. The van der Waals surface area contributed by atoms with Crippen molar-refractivity contribution in [3.63, 3.8) is 0 Å². The number of aryl methyl sites for hydroxylation is 1. The lowest BCUT2D eigenvalue weighted by Crippen LogP contribution is -2.16. The molecule has 0 fully saturated rings. The van der Waals surface area contributed by atoms with Gasteiger partial charge < -0.3 is 4.90 Å². The number of rotatable bonds is 1. The Balaban J connectivity index is 0.00000100. The normalized spacial score (nSPS) is 19.9. The fourth-order valence-corrected chi connectivity index (χ4v) is 3.86. The zero-order valence-corrected chi connectivity index (χ0v) is 16.6. The third kappa shape index (κ3) is 4.18. The average molecular weight is 340 g/mol. The van der Waals surface area contributed by atoms with E-state index in [9.17, 15) is 0 Å². The fraction of sp³-hybridized carbons (Fsp3) is 0.364. The van der Waals surface area contributed by atoms with Crippen LogP contribution in [-0.4, -0.2) is 11.9 Å². The number of hydrogen-bond acceptors (Lipinski definition) is 2. The van der Waals surface area contributed by atoms with Crippen molar-refractivity contribution in [2.75, 3.05) is 7.05 Å². The summed E-state index contributed by atoms with van der Waals surface area (Å²) in [6.45, 7) is 11.6. The zero-order valence-electron chi connectivity index (χ0n) is 15.8. The highest BCUT2D eigenvalue weighted by Crippen LogP contribution is 2.31. The van der Waals surface area contributed by atoms with Crippen molar-refractivity contribution < 1.29 is 0 Å². The van der Waals surface area contributed by atoms with Gasteiger partial charge in [0.15, 0.2) is 0 Å². The van der Waals surface area contributed by atoms with Gasteiger partial charge in [-0.2, -0.15) is 0 Å². The van der Waals surface area contributed by atoms with Crippen molar-refractivity contribution in [2.45, 2.75) is 47.6 Å². The third-order valence-electron chi connectivity index (χ3n) is 4.41. The van der Waals surface area contributed by atoms with E-state index in [1.807, 2.05) is 25.2 Å². The summed E-state index contributed by atoms with van der Waals surface area (Å²) in [4.78, 5) is 5.10. The van der Waals surface area contributed by atoms with Crippen LogP contribution in [0, 0.1) is 6.92 Å². The lowest BCUT2D eigenvalue weighted by Gasteiger charge is -2.23. The molecule has 1 aliphatic rings. The maximum atomic E-state index is 2.38. The van der Waals surface area contributed by atoms with Gasteiger partial charge in [0.2, 0.25) is 0 Å². The Kier molecular flexibility index (Phi) is 6.44. The van der Waals surface area contributed by atoms with Gasteiger partial charge in [-0.15, -0.1) is 11.3 Å². The molecule has 1 aromatic heterocycles. The van der Waals surface area contributed by atoms with Crippen molar-refractivity contribution in [2.24, 2.45) is 0 Å². The SMILES string of the molecule is CC.CC1=C(/C)Cc2ccccc2CN(C)/C(c2ccc(C)s2)=C\1. The summed E-state index contributed by atoms with van der Waals surface area (Å²) in [5.41, 5.74) is 7.03. The molecule has 0 bridgehead atoms. The Morgan fingerprint density at radius 3 is 2.21 bits per heavy atom. The Hall–Kier alpha value is -1.80. The largest absolute Gasteiger partial charge is 0.369 e. The molecule has 0 saturated carbocycles. The monoisotopic (exact) mass is 339 g/mol. The van der Waals surface area contributed by atoms with Gasteiger partial charge in [0.05, 0.1) is 10.6 Å². The van der Waals surface area contributed by atoms with Crippen LogP contribution in [0.4, 0.5) is 0 Å². The molecule has 2 aromatic rings. The van der Waals surface area contributed by atoms with Gasteiger partial charge in [0.25, 0.3) is 0 Å². The number of allylic oxidation sites excluding steroid dienone is 3. The van der Waals surface area contributed by atoms with Crippen LogP contribution in [-0.2, 0) is 13.0 Å². The van der Waals surface area contributed by atoms with Crippen LogP contribution in [0.5, 0.6) is 0 Å². The predicted octanol–water partition coefficient (Wildman–Crippen LogP) is 6.45. The third-order valence-corrected chi connectivity index (χ3v) is 5.44. The molecule has 2 heteroatoms. The summed E-state index contributed by atoms with van der Waals surface area (Å²) >= 11 is 1.87. The van der Waals surface area contributed by atoms with Crippen LogP contribution < -0.4 is 0 Å². The maximum Gasteiger partial charge on any atom is 0.0544 e. The molecule has 2 heterocycles. The van der Waals surface area contributed by atoms with Crippen LogP contribution in [0.2, 0.25) is 0 Å². The van der Waals surface area contributed by atoms with E-state index in [4.69, 9.17) is 0 Å². The number of benzene rings is 1. The molecule has 0 atom stereocenters. The molecule has 0 amide bonds. The van der Waals surface area contributed by atoms with Gasteiger partial charge in [-0.05, 0) is 62.1 Å². The van der Waals surface area contributed by atoms with Crippen molar-refractivity contribution in [3.8, 4) is 0 Å². The van der Waals surface area contributed by atoms with Gasteiger partial charge in [-0.1, -0.05) is 43.7 Å². The Labute approximate surface area is 151 Å². The van der Waals surface area contributed by atoms with Gasteiger partial charge >= 0.3 is 0 Å². The molecule has 24 heavy (non-hydrogen) atoms. The van der Waals surface area contributed by atoms with Crippen LogP contribution in [0.3, 0.4) is 0 Å². The number of thiophene rings is 1. The van der Waals surface area contributed by atoms with Gasteiger partial charge in [-0.3, -0.25) is 0 Å². The highest BCUT2D eigenvalue weighted by molar-refractivity contribution is 7.13. The first-order valence-corrected chi connectivity index (χ1v) is 9.59. The molecule has 0 saturated heterocycles. The minimum absolute atomic E-state index is 0.958. The molecule has 0 aliphatic carbocycles. The van der Waals surface area contributed by atoms with E-state index in [-0.39, 0.29) is 0 Å². The lowest BCUT2D eigenvalue weighted by molar-refractivity contribution is 0.475. The van der Waals surface area contributed by atoms with Crippen molar-refractivity contribution in [3.05, 3.63) is 74.5 Å². The van der Waals surface area contributed by atoms with Crippen LogP contribution in [0.1, 0.15) is 48.6 Å². The highest BCUT2D eigenvalue weighted by Gasteiger charge is 2.15. The van der Waals surface area contributed by atoms with Crippen molar-refractivity contribution >= 4 is 17.0 Å². The molecular weight excluding hydrogens is 310 g/mol. The lowest BCUT2D eigenvalue weighted by atomic mass is 9.98. The second kappa shape index (κ2) is 8.34. The molecule has 0 spiro atoms. The van der Waals surface area contributed by atoms with E-state index in [1.54, 1.807) is 0 Å². The number of fused-ring (bicyclic) bond motifs is 1. The molecule has 0 N–H and O–H groups in total. The molecule has 0 unspecified atom stereocenters. The minimum atomic E-state index is 0.958. The summed E-state index contributed by atoms with van der Waals surface area (Å²) in [5, 5.41) is 0. The van der Waals surface area contributed by atoms with Crippen LogP contribution >= 0.6 is 11.3 Å². The molecule has 1 aromatic carbocycles. The smallest absolute Gasteiger partial charge is 0.0544 e. The molecule has 3 rings (SSSR count). The van der Waals surface area contributed by atoms with Gasteiger partial charge in [0.1, 0.15) is 0 Å². The molecular formula is C22H29NS. The van der Waals surface area contributed by atoms with E-state index >= 15 is 0 Å². The van der Waals surface area contributed by atoms with E-state index in [0.717, 1.165) is 13.0 Å². The summed E-state index contributed by atoms with van der Waals surface area (Å²) in [7, 11) is 2.20. The van der Waals surface area contributed by atoms with E-state index in [2.05, 4.69) is 75.2 Å². The summed E-state index contributed by atoms with van der Waals surface area (Å²) in [6, 6.07) is 13.3. The molecule has 128 valence electrons. The van der Waals surface area contributed by atoms with Gasteiger partial charge in [0, 0.05) is 18.5 Å². The summed E-state index contributed by atoms with van der Waals surface area (Å²) < 4.78 is 0. The zero-order chi connectivity index (χ0) is 17.7. The van der Waals surface area contributed by atoms with Gasteiger partial charge in [-0.25, -0.2) is 0 Å². The number of hydrogen-bond donors (Lipinski definition) is 0. The van der Waals surface area contributed by atoms with Crippen molar-refractivity contribution in [1.82, 2.24) is 4.90 Å². The maximum absolute atomic E-state index is 2.38. The van der Waals surface area contributed by atoms with E-state index in [0.29, 0.717) is 0 Å². The van der Waals surface area contributed by atoms with E-state index in [1.165, 1.54) is 37.7 Å².